The SMILES string of the molecule is Fc1ccc(C(OC2CN(C(c3ccccc3)c3ccccc3)C2)c2ccc(Cl)cc2)c(C(F)(F)F)c1. The fourth-order valence-electron chi connectivity index (χ4n) is 4.82. The highest BCUT2D eigenvalue weighted by molar-refractivity contribution is 6.30. The Labute approximate surface area is 218 Å². The number of ether oxygens (including phenoxy) is 1. The molecule has 2 nitrogen and oxygen atoms in total. The molecule has 1 atom stereocenters. The Morgan fingerprint density at radius 2 is 1.32 bits per heavy atom. The Kier molecular flexibility index (Phi) is 7.33. The second kappa shape index (κ2) is 10.7. The molecule has 0 spiro atoms. The van der Waals surface area contributed by atoms with Crippen LogP contribution in [0.5, 0.6) is 0 Å². The van der Waals surface area contributed by atoms with Crippen molar-refractivity contribution in [3.63, 3.8) is 0 Å². The third-order valence-corrected chi connectivity index (χ3v) is 6.83. The van der Waals surface area contributed by atoms with E-state index in [1.807, 2.05) is 36.4 Å². The molecule has 0 N–H and O–H groups in total. The normalized spacial score (nSPS) is 15.5. The van der Waals surface area contributed by atoms with Gasteiger partial charge in [-0.05, 0) is 46.5 Å². The minimum absolute atomic E-state index is 0.00668. The predicted molar refractivity (Wildman–Crippen MR) is 136 cm³/mol. The summed E-state index contributed by atoms with van der Waals surface area (Å²) in [6.07, 6.45) is -6.08. The van der Waals surface area contributed by atoms with Gasteiger partial charge < -0.3 is 4.74 Å². The Hall–Kier alpha value is -3.19. The number of hydrogen-bond donors (Lipinski definition) is 0. The van der Waals surface area contributed by atoms with Crippen molar-refractivity contribution < 1.29 is 22.3 Å². The summed E-state index contributed by atoms with van der Waals surface area (Å²) in [5.74, 6) is -0.950. The van der Waals surface area contributed by atoms with Crippen molar-refractivity contribution in [3.8, 4) is 0 Å². The number of alkyl halides is 3. The molecule has 0 saturated carbocycles. The van der Waals surface area contributed by atoms with Crippen molar-refractivity contribution in [2.45, 2.75) is 24.4 Å². The summed E-state index contributed by atoms with van der Waals surface area (Å²) >= 11 is 6.02. The van der Waals surface area contributed by atoms with Crippen molar-refractivity contribution in [2.24, 2.45) is 0 Å². The van der Waals surface area contributed by atoms with E-state index in [4.69, 9.17) is 16.3 Å². The van der Waals surface area contributed by atoms with E-state index >= 15 is 0 Å². The summed E-state index contributed by atoms with van der Waals surface area (Å²) in [4.78, 5) is 2.24. The summed E-state index contributed by atoms with van der Waals surface area (Å²) in [5, 5.41) is 0.459. The van der Waals surface area contributed by atoms with Crippen molar-refractivity contribution in [3.05, 3.63) is 142 Å². The fourth-order valence-corrected chi connectivity index (χ4v) is 4.94. The molecule has 5 rings (SSSR count). The predicted octanol–water partition coefficient (Wildman–Crippen LogP) is 8.08. The third kappa shape index (κ3) is 5.72. The summed E-state index contributed by atoms with van der Waals surface area (Å²) in [6.45, 7) is 1.06. The van der Waals surface area contributed by atoms with Crippen LogP contribution in [0, 0.1) is 5.82 Å². The molecule has 1 saturated heterocycles. The molecule has 0 aliphatic carbocycles. The number of halogens is 5. The smallest absolute Gasteiger partial charge is 0.363 e. The summed E-state index contributed by atoms with van der Waals surface area (Å²) in [5.41, 5.74) is 1.59. The van der Waals surface area contributed by atoms with E-state index in [1.54, 1.807) is 24.3 Å². The molecule has 190 valence electrons. The summed E-state index contributed by atoms with van der Waals surface area (Å²) in [7, 11) is 0. The maximum atomic E-state index is 13.9. The first-order valence-electron chi connectivity index (χ1n) is 11.9. The van der Waals surface area contributed by atoms with Crippen LogP contribution in [-0.4, -0.2) is 24.1 Å². The van der Waals surface area contributed by atoms with Gasteiger partial charge in [0, 0.05) is 18.1 Å². The van der Waals surface area contributed by atoms with E-state index in [-0.39, 0.29) is 17.7 Å². The van der Waals surface area contributed by atoms with E-state index in [9.17, 15) is 17.6 Å². The maximum Gasteiger partial charge on any atom is 0.416 e. The topological polar surface area (TPSA) is 12.5 Å². The lowest BCUT2D eigenvalue weighted by Crippen LogP contribution is -2.54. The molecule has 4 aromatic rings. The zero-order valence-corrected chi connectivity index (χ0v) is 20.5. The maximum absolute atomic E-state index is 13.9. The first kappa shape index (κ1) is 25.5. The van der Waals surface area contributed by atoms with Crippen LogP contribution in [0.15, 0.2) is 103 Å². The van der Waals surface area contributed by atoms with Gasteiger partial charge >= 0.3 is 6.18 Å². The molecular weight excluding hydrogens is 502 g/mol. The van der Waals surface area contributed by atoms with Gasteiger partial charge in [0.2, 0.25) is 0 Å². The van der Waals surface area contributed by atoms with Crippen LogP contribution in [0.3, 0.4) is 0 Å². The van der Waals surface area contributed by atoms with E-state index in [1.165, 1.54) is 0 Å². The largest absolute Gasteiger partial charge is 0.416 e. The van der Waals surface area contributed by atoms with Gasteiger partial charge in [0.25, 0.3) is 0 Å². The molecule has 1 aliphatic heterocycles. The van der Waals surface area contributed by atoms with E-state index in [0.717, 1.165) is 23.3 Å². The lowest BCUT2D eigenvalue weighted by Gasteiger charge is -2.45. The summed E-state index contributed by atoms with van der Waals surface area (Å²) < 4.78 is 61.8. The van der Waals surface area contributed by atoms with Crippen LogP contribution in [0.1, 0.15) is 40.0 Å². The number of rotatable bonds is 7. The van der Waals surface area contributed by atoms with Crippen LogP contribution >= 0.6 is 11.6 Å². The lowest BCUT2D eigenvalue weighted by atomic mass is 9.93. The van der Waals surface area contributed by atoms with E-state index < -0.39 is 23.7 Å². The van der Waals surface area contributed by atoms with E-state index in [2.05, 4.69) is 29.2 Å². The zero-order valence-electron chi connectivity index (χ0n) is 19.7. The Balaban J connectivity index is 1.43. The van der Waals surface area contributed by atoms with Gasteiger partial charge in [-0.15, -0.1) is 0 Å². The van der Waals surface area contributed by atoms with Crippen LogP contribution in [0.4, 0.5) is 17.6 Å². The molecule has 37 heavy (non-hydrogen) atoms. The number of nitrogens with zero attached hydrogens (tertiary/aromatic N) is 1. The Bertz CT molecular complexity index is 1280. The van der Waals surface area contributed by atoms with Gasteiger partial charge in [-0.1, -0.05) is 90.5 Å². The molecule has 0 amide bonds. The van der Waals surface area contributed by atoms with Gasteiger partial charge in [-0.3, -0.25) is 4.90 Å². The molecule has 1 heterocycles. The molecule has 0 radical (unpaired) electrons. The first-order chi connectivity index (χ1) is 17.8. The highest BCUT2D eigenvalue weighted by atomic mass is 35.5. The van der Waals surface area contributed by atoms with Gasteiger partial charge in [0.15, 0.2) is 0 Å². The average molecular weight is 526 g/mol. The third-order valence-electron chi connectivity index (χ3n) is 6.58. The molecule has 0 bridgehead atoms. The minimum atomic E-state index is -4.73. The van der Waals surface area contributed by atoms with Crippen molar-refractivity contribution in [1.82, 2.24) is 4.90 Å². The molecule has 1 aliphatic rings. The first-order valence-corrected chi connectivity index (χ1v) is 12.3. The van der Waals surface area contributed by atoms with Crippen LogP contribution in [0.2, 0.25) is 5.02 Å². The lowest BCUT2D eigenvalue weighted by molar-refractivity contribution is -0.141. The second-order valence-corrected chi connectivity index (χ2v) is 9.53. The van der Waals surface area contributed by atoms with Crippen molar-refractivity contribution in [1.29, 1.82) is 0 Å². The highest BCUT2D eigenvalue weighted by Crippen LogP contribution is 2.41. The zero-order chi connectivity index (χ0) is 26.0. The van der Waals surface area contributed by atoms with Gasteiger partial charge in [0.1, 0.15) is 11.9 Å². The van der Waals surface area contributed by atoms with Crippen LogP contribution in [-0.2, 0) is 10.9 Å². The number of benzene rings is 4. The van der Waals surface area contributed by atoms with Gasteiger partial charge in [-0.2, -0.15) is 13.2 Å². The highest BCUT2D eigenvalue weighted by Gasteiger charge is 2.40. The molecule has 4 aromatic carbocycles. The molecule has 1 unspecified atom stereocenters. The molecule has 1 fully saturated rings. The molecule has 7 heteroatoms. The van der Waals surface area contributed by atoms with Gasteiger partial charge in [-0.25, -0.2) is 4.39 Å². The van der Waals surface area contributed by atoms with Crippen LogP contribution < -0.4 is 0 Å². The van der Waals surface area contributed by atoms with Gasteiger partial charge in [0.05, 0.1) is 17.7 Å². The van der Waals surface area contributed by atoms with E-state index in [0.29, 0.717) is 29.7 Å². The quantitative estimate of drug-likeness (QED) is 0.226. The van der Waals surface area contributed by atoms with Crippen LogP contribution in [0.25, 0.3) is 0 Å². The minimum Gasteiger partial charge on any atom is -0.363 e. The monoisotopic (exact) mass is 525 g/mol. The Morgan fingerprint density at radius 3 is 1.86 bits per heavy atom. The molecular formula is C30H24ClF4NO. The van der Waals surface area contributed by atoms with Crippen molar-refractivity contribution >= 4 is 11.6 Å². The number of hydrogen-bond acceptors (Lipinski definition) is 2. The number of likely N-dealkylation sites (tertiary alicyclic amines) is 1. The Morgan fingerprint density at radius 1 is 0.757 bits per heavy atom. The molecule has 0 aromatic heterocycles. The summed E-state index contributed by atoms with van der Waals surface area (Å²) in [6, 6.07) is 29.4. The fraction of sp³-hybridized carbons (Fsp3) is 0.200. The second-order valence-electron chi connectivity index (χ2n) is 9.10. The standard InChI is InChI=1S/C30H24ClF4NO/c31-23-13-11-22(12-14-23)29(26-16-15-24(32)17-27(26)30(33,34)35)37-25-18-36(19-25)28(20-7-3-1-4-8-20)21-9-5-2-6-10-21/h1-17,25,28-29H,18-19H2. The van der Waals surface area contributed by atoms with Crippen molar-refractivity contribution in [2.75, 3.05) is 13.1 Å². The average Bonchev–Trinajstić information content (AvgIpc) is 2.87.